The fraction of sp³-hybridized carbons (Fsp3) is 0.429. The van der Waals surface area contributed by atoms with E-state index in [1.54, 1.807) is 30.3 Å². The predicted octanol–water partition coefficient (Wildman–Crippen LogP) is 4.60. The molecule has 1 atom stereocenters. The molecule has 0 N–H and O–H groups in total. The first-order chi connectivity index (χ1) is 8.17. The van der Waals surface area contributed by atoms with Crippen LogP contribution in [0, 0.1) is 11.5 Å². The van der Waals surface area contributed by atoms with Crippen LogP contribution in [0.1, 0.15) is 17.9 Å². The minimum Gasteiger partial charge on any atom is -0.171 e. The van der Waals surface area contributed by atoms with E-state index in [2.05, 4.69) is 11.5 Å². The quantitative estimate of drug-likeness (QED) is 0.544. The molecule has 0 aliphatic heterocycles. The van der Waals surface area contributed by atoms with Crippen molar-refractivity contribution in [3.8, 4) is 11.5 Å². The minimum atomic E-state index is -4.19. The lowest BCUT2D eigenvalue weighted by Gasteiger charge is -2.14. The van der Waals surface area contributed by atoms with Crippen LogP contribution >= 0.6 is 0 Å². The molecular formula is C14H17F3Si. The zero-order valence-electron chi connectivity index (χ0n) is 10.8. The van der Waals surface area contributed by atoms with Crippen molar-refractivity contribution in [1.29, 1.82) is 0 Å². The zero-order chi connectivity index (χ0) is 13.8. The second kappa shape index (κ2) is 5.62. The lowest BCUT2D eigenvalue weighted by Crippen LogP contribution is -2.18. The topological polar surface area (TPSA) is 0 Å². The van der Waals surface area contributed by atoms with Gasteiger partial charge in [-0.05, 0) is 5.56 Å². The molecule has 0 bridgehead atoms. The molecule has 0 radical (unpaired) electrons. The van der Waals surface area contributed by atoms with Gasteiger partial charge in [-0.3, -0.25) is 0 Å². The van der Waals surface area contributed by atoms with Gasteiger partial charge in [0.25, 0.3) is 0 Å². The molecule has 0 aliphatic carbocycles. The van der Waals surface area contributed by atoms with E-state index in [-0.39, 0.29) is 0 Å². The maximum atomic E-state index is 12.6. The van der Waals surface area contributed by atoms with Crippen molar-refractivity contribution in [3.63, 3.8) is 0 Å². The highest BCUT2D eigenvalue weighted by Gasteiger charge is 2.32. The largest absolute Gasteiger partial charge is 0.390 e. The van der Waals surface area contributed by atoms with Crippen molar-refractivity contribution in [2.24, 2.45) is 0 Å². The van der Waals surface area contributed by atoms with Crippen LogP contribution in [0.2, 0.25) is 19.6 Å². The maximum Gasteiger partial charge on any atom is 0.390 e. The summed E-state index contributed by atoms with van der Waals surface area (Å²) in [5.41, 5.74) is 3.67. The Hall–Kier alpha value is -1.21. The van der Waals surface area contributed by atoms with Gasteiger partial charge in [0.05, 0.1) is 12.3 Å². The molecule has 0 heterocycles. The van der Waals surface area contributed by atoms with E-state index in [0.29, 0.717) is 5.56 Å². The van der Waals surface area contributed by atoms with Crippen LogP contribution < -0.4 is 0 Å². The lowest BCUT2D eigenvalue weighted by atomic mass is 9.96. The summed E-state index contributed by atoms with van der Waals surface area (Å²) < 4.78 is 37.7. The monoisotopic (exact) mass is 270 g/mol. The van der Waals surface area contributed by atoms with E-state index in [1.165, 1.54) is 0 Å². The van der Waals surface area contributed by atoms with Crippen molar-refractivity contribution in [2.75, 3.05) is 0 Å². The first-order valence-corrected chi connectivity index (χ1v) is 9.32. The Kier molecular flexibility index (Phi) is 4.63. The number of alkyl halides is 3. The Bertz CT molecular complexity index is 432. The van der Waals surface area contributed by atoms with E-state index < -0.39 is 26.6 Å². The molecule has 1 rings (SSSR count). The third-order valence-electron chi connectivity index (χ3n) is 2.26. The highest BCUT2D eigenvalue weighted by Crippen LogP contribution is 2.30. The van der Waals surface area contributed by atoms with E-state index >= 15 is 0 Å². The van der Waals surface area contributed by atoms with Crippen molar-refractivity contribution in [2.45, 2.75) is 38.2 Å². The van der Waals surface area contributed by atoms with Crippen molar-refractivity contribution >= 4 is 8.07 Å². The zero-order valence-corrected chi connectivity index (χ0v) is 11.8. The highest BCUT2D eigenvalue weighted by molar-refractivity contribution is 6.83. The molecule has 4 heteroatoms. The normalized spacial score (nSPS) is 13.7. The molecule has 0 fully saturated rings. The van der Waals surface area contributed by atoms with E-state index in [1.807, 2.05) is 19.6 Å². The average molecular weight is 270 g/mol. The molecule has 0 spiro atoms. The summed E-state index contributed by atoms with van der Waals surface area (Å²) in [6.07, 6.45) is -5.07. The third kappa shape index (κ3) is 5.92. The number of hydrogen-bond donors (Lipinski definition) is 0. The Morgan fingerprint density at radius 3 is 2.11 bits per heavy atom. The molecule has 0 aromatic heterocycles. The molecule has 0 saturated heterocycles. The van der Waals surface area contributed by atoms with Gasteiger partial charge in [-0.2, -0.15) is 13.2 Å². The van der Waals surface area contributed by atoms with Gasteiger partial charge >= 0.3 is 6.18 Å². The number of hydrogen-bond acceptors (Lipinski definition) is 0. The van der Waals surface area contributed by atoms with E-state index in [4.69, 9.17) is 0 Å². The van der Waals surface area contributed by atoms with Crippen LogP contribution in [0.3, 0.4) is 0 Å². The number of rotatable bonds is 2. The van der Waals surface area contributed by atoms with E-state index in [0.717, 1.165) is 0 Å². The molecule has 98 valence electrons. The van der Waals surface area contributed by atoms with Crippen molar-refractivity contribution < 1.29 is 13.2 Å². The molecular weight excluding hydrogens is 253 g/mol. The SMILES string of the molecule is C[Si](C)(C)C#C[C@@H](CC(F)(F)F)c1ccccc1. The highest BCUT2D eigenvalue weighted by atomic mass is 28.3. The van der Waals surface area contributed by atoms with Gasteiger partial charge in [-0.15, -0.1) is 11.5 Å². The minimum absolute atomic E-state index is 0.639. The van der Waals surface area contributed by atoms with Gasteiger partial charge in [-0.1, -0.05) is 50.0 Å². The van der Waals surface area contributed by atoms with Gasteiger partial charge in [0, 0.05) is 0 Å². The summed E-state index contributed by atoms with van der Waals surface area (Å²) in [6.45, 7) is 6.07. The van der Waals surface area contributed by atoms with Gasteiger partial charge < -0.3 is 0 Å². The second-order valence-electron chi connectivity index (χ2n) is 5.30. The smallest absolute Gasteiger partial charge is 0.171 e. The van der Waals surface area contributed by atoms with E-state index in [9.17, 15) is 13.2 Å². The van der Waals surface area contributed by atoms with Crippen LogP contribution in [0.4, 0.5) is 13.2 Å². The second-order valence-corrected chi connectivity index (χ2v) is 10.1. The average Bonchev–Trinajstić information content (AvgIpc) is 2.23. The van der Waals surface area contributed by atoms with Crippen molar-refractivity contribution in [1.82, 2.24) is 0 Å². The van der Waals surface area contributed by atoms with Gasteiger partial charge in [0.1, 0.15) is 8.07 Å². The predicted molar refractivity (Wildman–Crippen MR) is 71.0 cm³/mol. The molecule has 0 amide bonds. The Morgan fingerprint density at radius 2 is 1.67 bits per heavy atom. The molecule has 0 nitrogen and oxygen atoms in total. The Labute approximate surface area is 107 Å². The molecule has 1 aromatic rings. The standard InChI is InChI=1S/C14H17F3Si/c1-18(2,3)10-9-13(11-14(15,16)17)12-7-5-4-6-8-12/h4-8,13H,11H2,1-3H3/t13-/m0/s1. The molecule has 0 unspecified atom stereocenters. The molecule has 18 heavy (non-hydrogen) atoms. The van der Waals surface area contributed by atoms with Crippen LogP contribution in [0.5, 0.6) is 0 Å². The van der Waals surface area contributed by atoms with Crippen LogP contribution in [0.15, 0.2) is 30.3 Å². The van der Waals surface area contributed by atoms with Crippen molar-refractivity contribution in [3.05, 3.63) is 35.9 Å². The summed E-state index contributed by atoms with van der Waals surface area (Å²) in [7, 11) is -1.66. The fourth-order valence-corrected chi connectivity index (χ4v) is 2.08. The van der Waals surface area contributed by atoms with Crippen LogP contribution in [-0.4, -0.2) is 14.3 Å². The Morgan fingerprint density at radius 1 is 1.11 bits per heavy atom. The van der Waals surface area contributed by atoms with Crippen LogP contribution in [0.25, 0.3) is 0 Å². The third-order valence-corrected chi connectivity index (χ3v) is 3.15. The van der Waals surface area contributed by atoms with Gasteiger partial charge in [0.15, 0.2) is 0 Å². The summed E-state index contributed by atoms with van der Waals surface area (Å²) in [5.74, 6) is 2.07. The molecule has 1 aromatic carbocycles. The maximum absolute atomic E-state index is 12.6. The summed E-state index contributed by atoms with van der Waals surface area (Å²) in [5, 5.41) is 0. The van der Waals surface area contributed by atoms with Gasteiger partial charge in [0.2, 0.25) is 0 Å². The number of benzene rings is 1. The summed E-state index contributed by atoms with van der Waals surface area (Å²) in [4.78, 5) is 0. The first kappa shape index (κ1) is 14.8. The molecule has 0 aliphatic rings. The molecule has 0 saturated carbocycles. The number of halogens is 3. The van der Waals surface area contributed by atoms with Gasteiger partial charge in [-0.25, -0.2) is 0 Å². The Balaban J connectivity index is 2.99. The fourth-order valence-electron chi connectivity index (χ4n) is 1.47. The van der Waals surface area contributed by atoms with Crippen LogP contribution in [-0.2, 0) is 0 Å². The summed E-state index contributed by atoms with van der Waals surface area (Å²) in [6, 6.07) is 8.69. The lowest BCUT2D eigenvalue weighted by molar-refractivity contribution is -0.136. The summed E-state index contributed by atoms with van der Waals surface area (Å²) >= 11 is 0. The first-order valence-electron chi connectivity index (χ1n) is 5.82.